The highest BCUT2D eigenvalue weighted by Crippen LogP contribution is 2.33. The van der Waals surface area contributed by atoms with Gasteiger partial charge in [-0.15, -0.1) is 0 Å². The van der Waals surface area contributed by atoms with Crippen LogP contribution in [0.4, 0.5) is 5.69 Å². The molecule has 0 unspecified atom stereocenters. The van der Waals surface area contributed by atoms with Gasteiger partial charge in [0.2, 0.25) is 5.91 Å². The second kappa shape index (κ2) is 7.33. The van der Waals surface area contributed by atoms with Crippen molar-refractivity contribution in [3.63, 3.8) is 0 Å². The molecule has 0 bridgehead atoms. The first-order chi connectivity index (χ1) is 12.9. The molecule has 3 amide bonds. The standard InChI is InChI=1S/C20H19N3O4/c1-12-16-5-3-4-6-17(16)20(26)23(12)13(2)19(25)22-14-7-9-15(10-8-14)27-11-18(21)24/h3-10,13H,1,11H2,2H3,(H2,21,24)(H,22,25)/t13-/m1/s1. The van der Waals surface area contributed by atoms with E-state index in [-0.39, 0.29) is 18.4 Å². The van der Waals surface area contributed by atoms with Crippen LogP contribution in [0.25, 0.3) is 5.70 Å². The summed E-state index contributed by atoms with van der Waals surface area (Å²) in [6, 6.07) is 12.9. The molecule has 0 saturated carbocycles. The third kappa shape index (κ3) is 3.67. The Morgan fingerprint density at radius 3 is 2.37 bits per heavy atom. The molecule has 138 valence electrons. The minimum Gasteiger partial charge on any atom is -0.484 e. The zero-order chi connectivity index (χ0) is 19.6. The molecule has 3 N–H and O–H groups in total. The van der Waals surface area contributed by atoms with E-state index in [1.54, 1.807) is 43.3 Å². The number of anilines is 1. The molecular formula is C20H19N3O4. The Bertz CT molecular complexity index is 886. The molecule has 7 nitrogen and oxygen atoms in total. The van der Waals surface area contributed by atoms with E-state index in [2.05, 4.69) is 11.9 Å². The molecule has 3 rings (SSSR count). The average molecular weight is 365 g/mol. The van der Waals surface area contributed by atoms with Gasteiger partial charge >= 0.3 is 0 Å². The molecule has 0 aromatic heterocycles. The molecular weight excluding hydrogens is 346 g/mol. The molecule has 1 heterocycles. The van der Waals surface area contributed by atoms with Gasteiger partial charge < -0.3 is 15.8 Å². The second-order valence-corrected chi connectivity index (χ2v) is 6.11. The predicted octanol–water partition coefficient (Wildman–Crippen LogP) is 2.00. The van der Waals surface area contributed by atoms with E-state index >= 15 is 0 Å². The van der Waals surface area contributed by atoms with Crippen LogP contribution in [0.3, 0.4) is 0 Å². The fourth-order valence-electron chi connectivity index (χ4n) is 2.87. The Morgan fingerprint density at radius 1 is 1.15 bits per heavy atom. The average Bonchev–Trinajstić information content (AvgIpc) is 2.91. The van der Waals surface area contributed by atoms with Crippen molar-refractivity contribution in [3.8, 4) is 5.75 Å². The Kier molecular flexibility index (Phi) is 4.94. The maximum Gasteiger partial charge on any atom is 0.259 e. The Morgan fingerprint density at radius 2 is 1.78 bits per heavy atom. The van der Waals surface area contributed by atoms with Gasteiger partial charge in [-0.2, -0.15) is 0 Å². The first kappa shape index (κ1) is 18.2. The number of hydrogen-bond donors (Lipinski definition) is 2. The summed E-state index contributed by atoms with van der Waals surface area (Å²) in [5.41, 5.74) is 7.34. The van der Waals surface area contributed by atoms with Gasteiger partial charge in [-0.25, -0.2) is 0 Å². The van der Waals surface area contributed by atoms with Crippen molar-refractivity contribution >= 4 is 29.1 Å². The van der Waals surface area contributed by atoms with Crippen LogP contribution >= 0.6 is 0 Å². The van der Waals surface area contributed by atoms with Crippen LogP contribution in [0, 0.1) is 0 Å². The van der Waals surface area contributed by atoms with Crippen molar-refractivity contribution in [2.75, 3.05) is 11.9 Å². The number of carbonyl (C=O) groups excluding carboxylic acids is 3. The molecule has 0 saturated heterocycles. The van der Waals surface area contributed by atoms with Crippen molar-refractivity contribution in [1.29, 1.82) is 0 Å². The lowest BCUT2D eigenvalue weighted by atomic mass is 10.1. The number of nitrogens with one attached hydrogen (secondary N) is 1. The number of hydrogen-bond acceptors (Lipinski definition) is 4. The molecule has 1 aliphatic rings. The quantitative estimate of drug-likeness (QED) is 0.817. The molecule has 2 aromatic rings. The Labute approximate surface area is 156 Å². The highest BCUT2D eigenvalue weighted by atomic mass is 16.5. The molecule has 7 heteroatoms. The van der Waals surface area contributed by atoms with E-state index in [1.807, 2.05) is 12.1 Å². The summed E-state index contributed by atoms with van der Waals surface area (Å²) >= 11 is 0. The molecule has 1 aliphatic heterocycles. The fourth-order valence-corrected chi connectivity index (χ4v) is 2.87. The van der Waals surface area contributed by atoms with Gasteiger partial charge in [-0.3, -0.25) is 19.3 Å². The summed E-state index contributed by atoms with van der Waals surface area (Å²) in [4.78, 5) is 37.3. The number of nitrogens with two attached hydrogens (primary N) is 1. The fraction of sp³-hybridized carbons (Fsp3) is 0.150. The van der Waals surface area contributed by atoms with Crippen LogP contribution in [0.15, 0.2) is 55.1 Å². The number of rotatable bonds is 6. The van der Waals surface area contributed by atoms with E-state index in [1.165, 1.54) is 4.90 Å². The van der Waals surface area contributed by atoms with Gasteiger partial charge in [0.05, 0.1) is 0 Å². The first-order valence-electron chi connectivity index (χ1n) is 8.32. The maximum atomic E-state index is 12.6. The molecule has 0 radical (unpaired) electrons. The summed E-state index contributed by atoms with van der Waals surface area (Å²) in [5, 5.41) is 2.76. The van der Waals surface area contributed by atoms with Gasteiger partial charge in [0, 0.05) is 22.5 Å². The zero-order valence-electron chi connectivity index (χ0n) is 14.8. The van der Waals surface area contributed by atoms with Crippen molar-refractivity contribution in [2.45, 2.75) is 13.0 Å². The van der Waals surface area contributed by atoms with Crippen LogP contribution < -0.4 is 15.8 Å². The minimum absolute atomic E-state index is 0.220. The van der Waals surface area contributed by atoms with E-state index < -0.39 is 11.9 Å². The van der Waals surface area contributed by atoms with Crippen molar-refractivity contribution in [3.05, 3.63) is 66.2 Å². The number of ether oxygens (including phenoxy) is 1. The molecule has 0 spiro atoms. The summed E-state index contributed by atoms with van der Waals surface area (Å²) in [6.45, 7) is 5.38. The monoisotopic (exact) mass is 365 g/mol. The van der Waals surface area contributed by atoms with Gasteiger partial charge in [0.15, 0.2) is 6.61 Å². The molecule has 0 fully saturated rings. The number of carbonyl (C=O) groups is 3. The third-order valence-corrected chi connectivity index (χ3v) is 4.25. The zero-order valence-corrected chi connectivity index (χ0v) is 14.8. The molecule has 2 aromatic carbocycles. The summed E-state index contributed by atoms with van der Waals surface area (Å²) < 4.78 is 5.17. The lowest BCUT2D eigenvalue weighted by Crippen LogP contribution is -2.41. The number of fused-ring (bicyclic) bond motifs is 1. The second-order valence-electron chi connectivity index (χ2n) is 6.11. The molecule has 1 atom stereocenters. The van der Waals surface area contributed by atoms with E-state index in [4.69, 9.17) is 10.5 Å². The van der Waals surface area contributed by atoms with Crippen LogP contribution in [0.1, 0.15) is 22.8 Å². The van der Waals surface area contributed by atoms with Gasteiger partial charge in [-0.05, 0) is 37.3 Å². The number of nitrogens with zero attached hydrogens (tertiary/aromatic N) is 1. The van der Waals surface area contributed by atoms with Crippen LogP contribution in [-0.4, -0.2) is 35.3 Å². The maximum absolute atomic E-state index is 12.6. The van der Waals surface area contributed by atoms with Crippen LogP contribution in [0.2, 0.25) is 0 Å². The number of benzene rings is 2. The van der Waals surface area contributed by atoms with E-state index in [0.29, 0.717) is 22.7 Å². The van der Waals surface area contributed by atoms with Crippen molar-refractivity contribution in [1.82, 2.24) is 4.90 Å². The third-order valence-electron chi connectivity index (χ3n) is 4.25. The van der Waals surface area contributed by atoms with Gasteiger partial charge in [0.25, 0.3) is 11.8 Å². The van der Waals surface area contributed by atoms with Crippen molar-refractivity contribution in [2.24, 2.45) is 5.73 Å². The first-order valence-corrected chi connectivity index (χ1v) is 8.32. The van der Waals surface area contributed by atoms with Gasteiger partial charge in [0.1, 0.15) is 11.8 Å². The summed E-state index contributed by atoms with van der Waals surface area (Å²) in [6.07, 6.45) is 0. The number of amides is 3. The molecule has 27 heavy (non-hydrogen) atoms. The largest absolute Gasteiger partial charge is 0.484 e. The summed E-state index contributed by atoms with van der Waals surface area (Å²) in [5.74, 6) is -0.701. The number of primary amides is 1. The highest BCUT2D eigenvalue weighted by molar-refractivity contribution is 6.11. The van der Waals surface area contributed by atoms with Gasteiger partial charge in [-0.1, -0.05) is 24.8 Å². The predicted molar refractivity (Wildman–Crippen MR) is 101 cm³/mol. The highest BCUT2D eigenvalue weighted by Gasteiger charge is 2.36. The normalized spacial score (nSPS) is 13.9. The lowest BCUT2D eigenvalue weighted by molar-refractivity contribution is -0.120. The summed E-state index contributed by atoms with van der Waals surface area (Å²) in [7, 11) is 0. The van der Waals surface area contributed by atoms with Crippen LogP contribution in [-0.2, 0) is 9.59 Å². The minimum atomic E-state index is -0.733. The van der Waals surface area contributed by atoms with E-state index in [0.717, 1.165) is 5.56 Å². The Balaban J connectivity index is 1.67. The van der Waals surface area contributed by atoms with Crippen LogP contribution in [0.5, 0.6) is 5.75 Å². The topological polar surface area (TPSA) is 102 Å². The lowest BCUT2D eigenvalue weighted by Gasteiger charge is -2.24. The Hall–Kier alpha value is -3.61. The smallest absolute Gasteiger partial charge is 0.259 e. The molecule has 0 aliphatic carbocycles. The van der Waals surface area contributed by atoms with Crippen molar-refractivity contribution < 1.29 is 19.1 Å². The SMILES string of the molecule is C=C1c2ccccc2C(=O)N1[C@H](C)C(=O)Nc1ccc(OCC(N)=O)cc1. The van der Waals surface area contributed by atoms with E-state index in [9.17, 15) is 14.4 Å².